The molecule has 1 saturated heterocycles. The lowest BCUT2D eigenvalue weighted by molar-refractivity contribution is 0.0944. The van der Waals surface area contributed by atoms with Crippen molar-refractivity contribution in [3.05, 3.63) is 75.8 Å². The van der Waals surface area contributed by atoms with Crippen LogP contribution in [0.2, 0.25) is 0 Å². The van der Waals surface area contributed by atoms with Crippen LogP contribution in [0.3, 0.4) is 0 Å². The van der Waals surface area contributed by atoms with Crippen molar-refractivity contribution in [3.63, 3.8) is 0 Å². The van der Waals surface area contributed by atoms with Crippen molar-refractivity contribution >= 4 is 32.9 Å². The number of hydrogen-bond donors (Lipinski definition) is 1. The number of likely N-dealkylation sites (tertiary alicyclic amines) is 1. The Morgan fingerprint density at radius 1 is 1.11 bits per heavy atom. The predicted molar refractivity (Wildman–Crippen MR) is 151 cm³/mol. The van der Waals surface area contributed by atoms with Gasteiger partial charge in [-0.15, -0.1) is 0 Å². The highest BCUT2D eigenvalue weighted by Crippen LogP contribution is 2.36. The molecule has 4 aromatic rings. The number of hydrogen-bond acceptors (Lipinski definition) is 6. The van der Waals surface area contributed by atoms with Crippen LogP contribution in [0.1, 0.15) is 40.3 Å². The molecule has 0 radical (unpaired) electrons. The minimum Gasteiger partial charge on any atom is -0.493 e. The van der Waals surface area contributed by atoms with Gasteiger partial charge in [0.25, 0.3) is 5.91 Å². The van der Waals surface area contributed by atoms with E-state index < -0.39 is 0 Å². The van der Waals surface area contributed by atoms with Crippen LogP contribution in [0.25, 0.3) is 11.0 Å². The summed E-state index contributed by atoms with van der Waals surface area (Å²) in [5.74, 6) is 2.34. The van der Waals surface area contributed by atoms with E-state index >= 15 is 0 Å². The molecule has 0 saturated carbocycles. The van der Waals surface area contributed by atoms with E-state index in [-0.39, 0.29) is 5.91 Å². The maximum Gasteiger partial charge on any atom is 0.270 e. The Kier molecular flexibility index (Phi) is 7.95. The molecule has 1 N–H and O–H groups in total. The van der Waals surface area contributed by atoms with Crippen molar-refractivity contribution in [1.29, 1.82) is 0 Å². The van der Waals surface area contributed by atoms with Crippen molar-refractivity contribution < 1.29 is 14.3 Å². The summed E-state index contributed by atoms with van der Waals surface area (Å²) in [6.45, 7) is 5.74. The Hall–Kier alpha value is -3.43. The topological polar surface area (TPSA) is 81.5 Å². The number of amides is 1. The molecule has 0 spiro atoms. The van der Waals surface area contributed by atoms with Gasteiger partial charge in [-0.3, -0.25) is 9.78 Å². The number of pyridine rings is 1. The number of benzene rings is 2. The van der Waals surface area contributed by atoms with Crippen molar-refractivity contribution in [2.45, 2.75) is 26.2 Å². The van der Waals surface area contributed by atoms with Gasteiger partial charge >= 0.3 is 0 Å². The Morgan fingerprint density at radius 3 is 2.68 bits per heavy atom. The highest BCUT2D eigenvalue weighted by atomic mass is 79.9. The molecule has 8 nitrogen and oxygen atoms in total. The summed E-state index contributed by atoms with van der Waals surface area (Å²) in [4.78, 5) is 24.1. The largest absolute Gasteiger partial charge is 0.493 e. The lowest BCUT2D eigenvalue weighted by atomic mass is 10.1. The van der Waals surface area contributed by atoms with Crippen molar-refractivity contribution in [2.75, 3.05) is 33.3 Å². The molecule has 0 atom stereocenters. The van der Waals surface area contributed by atoms with Gasteiger partial charge in [0.15, 0.2) is 11.5 Å². The second kappa shape index (κ2) is 11.5. The third kappa shape index (κ3) is 5.84. The zero-order valence-corrected chi connectivity index (χ0v) is 23.5. The van der Waals surface area contributed by atoms with E-state index in [1.807, 2.05) is 19.2 Å². The first-order chi connectivity index (χ1) is 18.4. The summed E-state index contributed by atoms with van der Waals surface area (Å²) in [7, 11) is 3.62. The lowest BCUT2D eigenvalue weighted by Gasteiger charge is -2.14. The molecule has 1 fully saturated rings. The molecular formula is C29H32BrN5O3. The molecule has 2 aromatic carbocycles. The summed E-state index contributed by atoms with van der Waals surface area (Å²) < 4.78 is 15.0. The third-order valence-corrected chi connectivity index (χ3v) is 7.84. The smallest absolute Gasteiger partial charge is 0.270 e. The molecule has 1 amide bonds. The second-order valence-corrected chi connectivity index (χ2v) is 10.5. The zero-order chi connectivity index (χ0) is 26.6. The molecule has 0 aliphatic carbocycles. The highest BCUT2D eigenvalue weighted by Gasteiger charge is 2.17. The normalized spacial score (nSPS) is 13.7. The fraction of sp³-hybridized carbons (Fsp3) is 0.345. The van der Waals surface area contributed by atoms with Crippen LogP contribution in [-0.4, -0.2) is 58.6 Å². The lowest BCUT2D eigenvalue weighted by Crippen LogP contribution is -2.33. The van der Waals surface area contributed by atoms with Crippen LogP contribution in [0.5, 0.6) is 17.2 Å². The fourth-order valence-corrected chi connectivity index (χ4v) is 5.04. The van der Waals surface area contributed by atoms with Crippen LogP contribution >= 0.6 is 15.9 Å². The minimum atomic E-state index is -0.213. The Balaban J connectivity index is 1.33. The molecule has 38 heavy (non-hydrogen) atoms. The fourth-order valence-electron chi connectivity index (χ4n) is 4.80. The number of fused-ring (bicyclic) bond motifs is 1. The quantitative estimate of drug-likeness (QED) is 0.292. The average molecular weight is 579 g/mol. The van der Waals surface area contributed by atoms with E-state index in [4.69, 9.17) is 14.5 Å². The number of nitrogens with zero attached hydrogens (tertiary/aromatic N) is 4. The predicted octanol–water partition coefficient (Wildman–Crippen LogP) is 5.26. The number of nitrogens with one attached hydrogen (secondary N) is 1. The first-order valence-electron chi connectivity index (χ1n) is 12.8. The van der Waals surface area contributed by atoms with Crippen LogP contribution in [-0.2, 0) is 13.5 Å². The first kappa shape index (κ1) is 26.2. The van der Waals surface area contributed by atoms with Crippen molar-refractivity contribution in [2.24, 2.45) is 7.05 Å². The van der Waals surface area contributed by atoms with Gasteiger partial charge in [0.2, 0.25) is 0 Å². The molecule has 5 rings (SSSR count). The molecule has 0 bridgehead atoms. The molecule has 9 heteroatoms. The van der Waals surface area contributed by atoms with E-state index in [1.165, 1.54) is 24.0 Å². The molecule has 0 unspecified atom stereocenters. The molecule has 1 aliphatic heterocycles. The number of imidazole rings is 1. The average Bonchev–Trinajstić information content (AvgIpc) is 3.54. The van der Waals surface area contributed by atoms with E-state index in [0.29, 0.717) is 35.9 Å². The van der Waals surface area contributed by atoms with Crippen LogP contribution in [0.15, 0.2) is 53.1 Å². The SMILES string of the molecule is COc1cc2c(cc1Oc1ccnc(C(=O)NCCN3CCCC3)c1)nc(Cc1ccc(Br)c(C)c1)n2C. The first-order valence-corrected chi connectivity index (χ1v) is 13.6. The van der Waals surface area contributed by atoms with Gasteiger partial charge in [0, 0.05) is 55.4 Å². The summed E-state index contributed by atoms with van der Waals surface area (Å²) in [6.07, 6.45) is 4.75. The van der Waals surface area contributed by atoms with Crippen LogP contribution < -0.4 is 14.8 Å². The molecule has 3 heterocycles. The van der Waals surface area contributed by atoms with Crippen molar-refractivity contribution in [3.8, 4) is 17.2 Å². The summed E-state index contributed by atoms with van der Waals surface area (Å²) in [6, 6.07) is 13.5. The highest BCUT2D eigenvalue weighted by molar-refractivity contribution is 9.10. The van der Waals surface area contributed by atoms with Gasteiger partial charge in [-0.1, -0.05) is 28.1 Å². The van der Waals surface area contributed by atoms with Crippen LogP contribution in [0.4, 0.5) is 0 Å². The maximum absolute atomic E-state index is 12.7. The summed E-state index contributed by atoms with van der Waals surface area (Å²) >= 11 is 3.57. The van der Waals surface area contributed by atoms with Gasteiger partial charge in [-0.2, -0.15) is 0 Å². The Morgan fingerprint density at radius 2 is 1.92 bits per heavy atom. The van der Waals surface area contributed by atoms with Gasteiger partial charge < -0.3 is 24.3 Å². The minimum absolute atomic E-state index is 0.213. The number of rotatable bonds is 9. The number of carbonyl (C=O) groups excluding carboxylic acids is 1. The van der Waals surface area contributed by atoms with E-state index in [1.54, 1.807) is 25.4 Å². The summed E-state index contributed by atoms with van der Waals surface area (Å²) in [5, 5.41) is 2.96. The Labute approximate surface area is 231 Å². The summed E-state index contributed by atoms with van der Waals surface area (Å²) in [5.41, 5.74) is 4.45. The number of aryl methyl sites for hydroxylation is 2. The number of ether oxygens (including phenoxy) is 2. The standard InChI is InChI=1S/C29H32BrN5O3/c1-19-14-20(6-7-22(19)30)15-28-33-23-17-27(26(37-3)18-25(23)34(28)2)38-21-8-9-31-24(16-21)29(36)32-10-13-35-11-4-5-12-35/h6-9,14,16-18H,4-5,10-13,15H2,1-3H3,(H,32,36). The van der Waals surface area contributed by atoms with Gasteiger partial charge in [0.1, 0.15) is 17.3 Å². The van der Waals surface area contributed by atoms with Gasteiger partial charge in [0.05, 0.1) is 18.1 Å². The molecule has 1 aliphatic rings. The van der Waals surface area contributed by atoms with E-state index in [9.17, 15) is 4.79 Å². The van der Waals surface area contributed by atoms with Crippen molar-refractivity contribution in [1.82, 2.24) is 24.8 Å². The number of carbonyl (C=O) groups is 1. The molecular weight excluding hydrogens is 546 g/mol. The number of methoxy groups -OCH3 is 1. The molecule has 198 valence electrons. The monoisotopic (exact) mass is 577 g/mol. The number of aromatic nitrogens is 3. The van der Waals surface area contributed by atoms with Gasteiger partial charge in [-0.05, 0) is 56.1 Å². The second-order valence-electron chi connectivity index (χ2n) is 9.62. The van der Waals surface area contributed by atoms with E-state index in [0.717, 1.165) is 41.0 Å². The molecule has 2 aromatic heterocycles. The van der Waals surface area contributed by atoms with Gasteiger partial charge in [-0.25, -0.2) is 4.98 Å². The maximum atomic E-state index is 12.7. The Bertz CT molecular complexity index is 1460. The van der Waals surface area contributed by atoms with E-state index in [2.05, 4.69) is 60.8 Å². The zero-order valence-electron chi connectivity index (χ0n) is 22.0. The third-order valence-electron chi connectivity index (χ3n) is 6.95. The number of halogens is 1. The van der Waals surface area contributed by atoms with Crippen LogP contribution in [0, 0.1) is 6.92 Å².